The lowest BCUT2D eigenvalue weighted by Gasteiger charge is -2.40. The van der Waals surface area contributed by atoms with Gasteiger partial charge in [-0.25, -0.2) is 0 Å². The predicted octanol–water partition coefficient (Wildman–Crippen LogP) is 2.37. The van der Waals surface area contributed by atoms with Gasteiger partial charge in [0, 0.05) is 12.6 Å². The molecule has 0 aliphatic carbocycles. The fourth-order valence-electron chi connectivity index (χ4n) is 2.69. The van der Waals surface area contributed by atoms with Gasteiger partial charge in [0.05, 0.1) is 11.4 Å². The number of thioether (sulfide) groups is 1. The Bertz CT molecular complexity index is 459. The molecule has 0 spiro atoms. The number of ether oxygens (including phenoxy) is 1. The highest BCUT2D eigenvalue weighted by atomic mass is 32.2. The van der Waals surface area contributed by atoms with Gasteiger partial charge in [-0.2, -0.15) is 0 Å². The van der Waals surface area contributed by atoms with Gasteiger partial charge in [0.25, 0.3) is 0 Å². The molecule has 20 heavy (non-hydrogen) atoms. The molecule has 0 amide bonds. The molecule has 1 saturated heterocycles. The minimum atomic E-state index is -0.840. The summed E-state index contributed by atoms with van der Waals surface area (Å²) in [5.74, 6) is -0.831. The maximum absolute atomic E-state index is 10.7. The zero-order valence-corrected chi connectivity index (χ0v) is 12.7. The SMILES string of the molecule is CCC1(CC)CC(n2cnnc2SCC(=O)O)CCO1. The average Bonchev–Trinajstić information content (AvgIpc) is 2.93. The molecule has 0 bridgehead atoms. The van der Waals surface area contributed by atoms with E-state index in [0.717, 1.165) is 32.3 Å². The highest BCUT2D eigenvalue weighted by Crippen LogP contribution is 2.38. The van der Waals surface area contributed by atoms with Crippen molar-refractivity contribution in [2.45, 2.75) is 56.3 Å². The third-order valence-corrected chi connectivity index (χ3v) is 4.96. The van der Waals surface area contributed by atoms with Crippen molar-refractivity contribution in [2.75, 3.05) is 12.4 Å². The van der Waals surface area contributed by atoms with Crippen LogP contribution in [0.4, 0.5) is 0 Å². The van der Waals surface area contributed by atoms with Gasteiger partial charge in [0.15, 0.2) is 5.16 Å². The van der Waals surface area contributed by atoms with E-state index in [-0.39, 0.29) is 17.4 Å². The largest absolute Gasteiger partial charge is 0.481 e. The highest BCUT2D eigenvalue weighted by Gasteiger charge is 2.36. The molecule has 2 rings (SSSR count). The van der Waals surface area contributed by atoms with Crippen LogP contribution in [0.15, 0.2) is 11.5 Å². The molecule has 1 unspecified atom stereocenters. The van der Waals surface area contributed by atoms with E-state index < -0.39 is 5.97 Å². The highest BCUT2D eigenvalue weighted by molar-refractivity contribution is 7.99. The lowest BCUT2D eigenvalue weighted by Crippen LogP contribution is -2.39. The second-order valence-corrected chi connectivity index (χ2v) is 6.03. The van der Waals surface area contributed by atoms with E-state index in [9.17, 15) is 4.79 Å². The Kier molecular flexibility index (Phi) is 5.04. The molecule has 1 atom stereocenters. The molecule has 6 nitrogen and oxygen atoms in total. The first-order chi connectivity index (χ1) is 9.60. The first-order valence-electron chi connectivity index (χ1n) is 6.98. The van der Waals surface area contributed by atoms with Crippen molar-refractivity contribution in [3.8, 4) is 0 Å². The van der Waals surface area contributed by atoms with Crippen LogP contribution >= 0.6 is 11.8 Å². The van der Waals surface area contributed by atoms with Crippen LogP contribution in [-0.2, 0) is 9.53 Å². The molecule has 112 valence electrons. The number of aliphatic carboxylic acids is 1. The van der Waals surface area contributed by atoms with Crippen LogP contribution in [0, 0.1) is 0 Å². The Morgan fingerprint density at radius 1 is 1.60 bits per heavy atom. The maximum atomic E-state index is 10.7. The van der Waals surface area contributed by atoms with Crippen LogP contribution in [0.2, 0.25) is 0 Å². The summed E-state index contributed by atoms with van der Waals surface area (Å²) in [4.78, 5) is 10.7. The minimum absolute atomic E-state index is 0.00854. The van der Waals surface area contributed by atoms with E-state index in [0.29, 0.717) is 5.16 Å². The lowest BCUT2D eigenvalue weighted by atomic mass is 9.86. The van der Waals surface area contributed by atoms with E-state index in [2.05, 4.69) is 24.0 Å². The Balaban J connectivity index is 2.11. The van der Waals surface area contributed by atoms with Gasteiger partial charge in [-0.3, -0.25) is 4.79 Å². The monoisotopic (exact) mass is 299 g/mol. The van der Waals surface area contributed by atoms with Crippen LogP contribution in [0.25, 0.3) is 0 Å². The summed E-state index contributed by atoms with van der Waals surface area (Å²) in [6.45, 7) is 5.03. The summed E-state index contributed by atoms with van der Waals surface area (Å²) in [5.41, 5.74) is -0.0675. The van der Waals surface area contributed by atoms with E-state index in [1.54, 1.807) is 6.33 Å². The molecule has 1 aromatic heterocycles. The number of carboxylic acid groups (broad SMARTS) is 1. The third kappa shape index (κ3) is 3.32. The van der Waals surface area contributed by atoms with Crippen LogP contribution in [0.1, 0.15) is 45.6 Å². The van der Waals surface area contributed by atoms with Crippen molar-refractivity contribution in [1.82, 2.24) is 14.8 Å². The predicted molar refractivity (Wildman–Crippen MR) is 75.9 cm³/mol. The fourth-order valence-corrected chi connectivity index (χ4v) is 3.40. The number of aromatic nitrogens is 3. The van der Waals surface area contributed by atoms with Crippen molar-refractivity contribution in [2.24, 2.45) is 0 Å². The van der Waals surface area contributed by atoms with E-state index >= 15 is 0 Å². The van der Waals surface area contributed by atoms with Crippen LogP contribution in [0.3, 0.4) is 0 Å². The van der Waals surface area contributed by atoms with Gasteiger partial charge >= 0.3 is 5.97 Å². The number of hydrogen-bond acceptors (Lipinski definition) is 5. The zero-order chi connectivity index (χ0) is 14.6. The molecule has 0 saturated carbocycles. The molecular formula is C13H21N3O3S. The summed E-state index contributed by atoms with van der Waals surface area (Å²) >= 11 is 1.22. The van der Waals surface area contributed by atoms with Crippen LogP contribution < -0.4 is 0 Å². The minimum Gasteiger partial charge on any atom is -0.481 e. The molecule has 1 aliphatic heterocycles. The average molecular weight is 299 g/mol. The first kappa shape index (κ1) is 15.3. The van der Waals surface area contributed by atoms with Gasteiger partial charge in [0.1, 0.15) is 6.33 Å². The molecule has 1 aliphatic rings. The number of carboxylic acids is 1. The maximum Gasteiger partial charge on any atom is 0.313 e. The van der Waals surface area contributed by atoms with Crippen molar-refractivity contribution in [3.63, 3.8) is 0 Å². The van der Waals surface area contributed by atoms with E-state index in [4.69, 9.17) is 9.84 Å². The fraction of sp³-hybridized carbons (Fsp3) is 0.769. The number of nitrogens with zero attached hydrogens (tertiary/aromatic N) is 3. The Labute approximate surface area is 122 Å². The second-order valence-electron chi connectivity index (χ2n) is 5.09. The van der Waals surface area contributed by atoms with E-state index in [1.807, 2.05) is 4.57 Å². The van der Waals surface area contributed by atoms with Crippen molar-refractivity contribution < 1.29 is 14.6 Å². The van der Waals surface area contributed by atoms with Crippen LogP contribution in [0.5, 0.6) is 0 Å². The Morgan fingerprint density at radius 3 is 3.00 bits per heavy atom. The Morgan fingerprint density at radius 2 is 2.35 bits per heavy atom. The Hall–Kier alpha value is -1.08. The molecule has 7 heteroatoms. The first-order valence-corrected chi connectivity index (χ1v) is 7.97. The van der Waals surface area contributed by atoms with Crippen molar-refractivity contribution >= 4 is 17.7 Å². The van der Waals surface area contributed by atoms with Crippen LogP contribution in [-0.4, -0.2) is 43.8 Å². The van der Waals surface area contributed by atoms with Crippen molar-refractivity contribution in [1.29, 1.82) is 0 Å². The van der Waals surface area contributed by atoms with Crippen molar-refractivity contribution in [3.05, 3.63) is 6.33 Å². The summed E-state index contributed by atoms with van der Waals surface area (Å²) in [6, 6.07) is 0.287. The summed E-state index contributed by atoms with van der Waals surface area (Å²) in [7, 11) is 0. The van der Waals surface area contributed by atoms with Gasteiger partial charge in [-0.15, -0.1) is 10.2 Å². The van der Waals surface area contributed by atoms with E-state index in [1.165, 1.54) is 11.8 Å². The normalized spacial score (nSPS) is 21.8. The molecule has 1 fully saturated rings. The molecule has 1 N–H and O–H groups in total. The summed E-state index contributed by atoms with van der Waals surface area (Å²) in [6.07, 6.45) is 5.52. The molecule has 0 aromatic carbocycles. The van der Waals surface area contributed by atoms with Gasteiger partial charge in [-0.1, -0.05) is 25.6 Å². The van der Waals surface area contributed by atoms with Gasteiger partial charge in [0.2, 0.25) is 0 Å². The standard InChI is InChI=1S/C13H21N3O3S/c1-3-13(4-2)7-10(5-6-19-13)16-9-14-15-12(16)20-8-11(17)18/h9-10H,3-8H2,1-2H3,(H,17,18). The third-order valence-electron chi connectivity index (χ3n) is 4.01. The topological polar surface area (TPSA) is 77.2 Å². The van der Waals surface area contributed by atoms with Gasteiger partial charge in [-0.05, 0) is 25.7 Å². The zero-order valence-electron chi connectivity index (χ0n) is 11.9. The summed E-state index contributed by atoms with van der Waals surface area (Å²) < 4.78 is 7.99. The molecule has 2 heterocycles. The number of hydrogen-bond donors (Lipinski definition) is 1. The number of rotatable bonds is 6. The molecule has 0 radical (unpaired) electrons. The quantitative estimate of drug-likeness (QED) is 0.813. The second kappa shape index (κ2) is 6.58. The molecule has 1 aromatic rings. The molecular weight excluding hydrogens is 278 g/mol. The number of carbonyl (C=O) groups is 1. The van der Waals surface area contributed by atoms with Gasteiger partial charge < -0.3 is 14.4 Å². The summed E-state index contributed by atoms with van der Waals surface area (Å²) in [5, 5.41) is 17.4. The lowest BCUT2D eigenvalue weighted by molar-refractivity contribution is -0.133. The smallest absolute Gasteiger partial charge is 0.313 e.